The van der Waals surface area contributed by atoms with Crippen LogP contribution in [0.2, 0.25) is 5.02 Å². The zero-order chi connectivity index (χ0) is 17.2. The van der Waals surface area contributed by atoms with Crippen molar-refractivity contribution in [3.8, 4) is 0 Å². The third kappa shape index (κ3) is 3.73. The molecule has 23 heavy (non-hydrogen) atoms. The summed E-state index contributed by atoms with van der Waals surface area (Å²) >= 11 is 5.67. The van der Waals surface area contributed by atoms with Crippen LogP contribution in [-0.2, 0) is 10.0 Å². The van der Waals surface area contributed by atoms with Crippen LogP contribution in [0.25, 0.3) is 0 Å². The lowest BCUT2D eigenvalue weighted by Gasteiger charge is -2.08. The van der Waals surface area contributed by atoms with E-state index in [-0.39, 0.29) is 10.6 Å². The molecule has 0 spiro atoms. The maximum Gasteiger partial charge on any atom is 0.300 e. The van der Waals surface area contributed by atoms with Gasteiger partial charge >= 0.3 is 0 Å². The van der Waals surface area contributed by atoms with Gasteiger partial charge in [-0.1, -0.05) is 11.6 Å². The van der Waals surface area contributed by atoms with Gasteiger partial charge in [0, 0.05) is 11.1 Å². The molecule has 1 N–H and O–H groups in total. The van der Waals surface area contributed by atoms with E-state index in [4.69, 9.17) is 11.6 Å². The summed E-state index contributed by atoms with van der Waals surface area (Å²) in [6.45, 7) is 0. The molecule has 0 saturated carbocycles. The molecular weight excluding hydrogens is 350 g/mol. The van der Waals surface area contributed by atoms with Crippen molar-refractivity contribution < 1.29 is 18.3 Å². The molecule has 2 aromatic carbocycles. The number of non-ortho nitro benzene ring substituents is 1. The number of hydrogen-bond acceptors (Lipinski definition) is 6. The van der Waals surface area contributed by atoms with Crippen LogP contribution < -0.4 is 4.72 Å². The Bertz CT molecular complexity index is 882. The lowest BCUT2D eigenvalue weighted by Crippen LogP contribution is -2.14. The van der Waals surface area contributed by atoms with Crippen LogP contribution in [0, 0.1) is 20.2 Å². The number of nitro groups is 2. The van der Waals surface area contributed by atoms with Gasteiger partial charge in [-0.25, -0.2) is 8.42 Å². The van der Waals surface area contributed by atoms with Gasteiger partial charge in [-0.15, -0.1) is 0 Å². The fourth-order valence-corrected chi connectivity index (χ4v) is 2.89. The highest BCUT2D eigenvalue weighted by atomic mass is 35.5. The zero-order valence-electron chi connectivity index (χ0n) is 11.2. The summed E-state index contributed by atoms with van der Waals surface area (Å²) in [4.78, 5) is 19.8. The van der Waals surface area contributed by atoms with Gasteiger partial charge < -0.3 is 0 Å². The summed E-state index contributed by atoms with van der Waals surface area (Å²) < 4.78 is 26.4. The van der Waals surface area contributed by atoms with Gasteiger partial charge in [-0.2, -0.15) is 0 Å². The normalized spacial score (nSPS) is 11.0. The summed E-state index contributed by atoms with van der Waals surface area (Å²) in [6.07, 6.45) is 0. The van der Waals surface area contributed by atoms with Crippen molar-refractivity contribution in [1.82, 2.24) is 0 Å². The molecule has 0 aliphatic heterocycles. The third-order valence-corrected chi connectivity index (χ3v) is 4.39. The van der Waals surface area contributed by atoms with Crippen molar-refractivity contribution in [3.63, 3.8) is 0 Å². The van der Waals surface area contributed by atoms with E-state index in [0.29, 0.717) is 11.1 Å². The molecule has 0 saturated heterocycles. The third-order valence-electron chi connectivity index (χ3n) is 2.76. The first-order valence-electron chi connectivity index (χ1n) is 5.92. The predicted molar refractivity (Wildman–Crippen MR) is 82.0 cm³/mol. The van der Waals surface area contributed by atoms with Gasteiger partial charge in [-0.3, -0.25) is 25.0 Å². The summed E-state index contributed by atoms with van der Waals surface area (Å²) in [5.74, 6) is 0. The molecule has 120 valence electrons. The summed E-state index contributed by atoms with van der Waals surface area (Å²) in [5.41, 5.74) is -1.63. The number of nitrogens with zero attached hydrogens (tertiary/aromatic N) is 2. The molecule has 0 atom stereocenters. The average molecular weight is 358 g/mol. The molecule has 0 radical (unpaired) electrons. The van der Waals surface area contributed by atoms with Crippen molar-refractivity contribution in [2.45, 2.75) is 4.90 Å². The number of nitro benzene ring substituents is 2. The van der Waals surface area contributed by atoms with Crippen LogP contribution in [0.5, 0.6) is 0 Å². The molecule has 0 aromatic heterocycles. The number of sulfonamides is 1. The smallest absolute Gasteiger partial charge is 0.273 e. The standard InChI is InChI=1S/C12H8ClN3O6S/c13-8-1-4-10(5-2-8)23(21,22)14-11-6-3-9(15(17)18)7-12(11)16(19)20/h1-7,14H. The second-order valence-corrected chi connectivity index (χ2v) is 6.39. The molecule has 0 aliphatic rings. The molecule has 0 amide bonds. The molecule has 2 rings (SSSR count). The Hall–Kier alpha value is -2.72. The molecule has 2 aromatic rings. The first-order chi connectivity index (χ1) is 10.7. The first kappa shape index (κ1) is 16.6. The summed E-state index contributed by atoms with van der Waals surface area (Å²) in [7, 11) is -4.10. The molecular formula is C12H8ClN3O6S. The van der Waals surface area contributed by atoms with Gasteiger partial charge in [0.05, 0.1) is 20.8 Å². The predicted octanol–water partition coefficient (Wildman–Crippen LogP) is 2.96. The van der Waals surface area contributed by atoms with E-state index in [0.717, 1.165) is 12.1 Å². The SMILES string of the molecule is O=[N+]([O-])c1ccc(NS(=O)(=O)c2ccc(Cl)cc2)c([N+](=O)[O-])c1. The Labute approximate surface area is 134 Å². The van der Waals surface area contributed by atoms with Crippen molar-refractivity contribution >= 4 is 38.7 Å². The minimum absolute atomic E-state index is 0.158. The maximum atomic E-state index is 12.2. The van der Waals surface area contributed by atoms with Gasteiger partial charge in [0.25, 0.3) is 21.4 Å². The van der Waals surface area contributed by atoms with Crippen molar-refractivity contribution in [1.29, 1.82) is 0 Å². The molecule has 0 unspecified atom stereocenters. The Balaban J connectivity index is 2.44. The van der Waals surface area contributed by atoms with E-state index >= 15 is 0 Å². The number of nitrogens with one attached hydrogen (secondary N) is 1. The molecule has 0 heterocycles. The molecule has 0 bridgehead atoms. The lowest BCUT2D eigenvalue weighted by molar-refractivity contribution is -0.393. The molecule has 0 aliphatic carbocycles. The quantitative estimate of drug-likeness (QED) is 0.646. The minimum Gasteiger partial charge on any atom is -0.273 e. The molecule has 9 nitrogen and oxygen atoms in total. The van der Waals surface area contributed by atoms with Crippen LogP contribution in [0.4, 0.5) is 17.1 Å². The van der Waals surface area contributed by atoms with Gasteiger partial charge in [0.2, 0.25) is 0 Å². The van der Waals surface area contributed by atoms with Gasteiger partial charge in [-0.05, 0) is 30.3 Å². The van der Waals surface area contributed by atoms with E-state index < -0.39 is 31.2 Å². The number of halogens is 1. The number of anilines is 1. The highest BCUT2D eigenvalue weighted by molar-refractivity contribution is 7.92. The van der Waals surface area contributed by atoms with Crippen LogP contribution in [0.1, 0.15) is 0 Å². The van der Waals surface area contributed by atoms with E-state index in [1.54, 1.807) is 0 Å². The van der Waals surface area contributed by atoms with E-state index in [9.17, 15) is 28.6 Å². The fraction of sp³-hybridized carbons (Fsp3) is 0. The van der Waals surface area contributed by atoms with Gasteiger partial charge in [0.1, 0.15) is 5.69 Å². The highest BCUT2D eigenvalue weighted by Gasteiger charge is 2.23. The van der Waals surface area contributed by atoms with Crippen LogP contribution in [0.15, 0.2) is 47.4 Å². The van der Waals surface area contributed by atoms with Crippen molar-refractivity contribution in [3.05, 3.63) is 67.7 Å². The molecule has 11 heteroatoms. The van der Waals surface area contributed by atoms with E-state index in [2.05, 4.69) is 0 Å². The Morgan fingerprint density at radius 3 is 2.09 bits per heavy atom. The molecule has 0 fully saturated rings. The van der Waals surface area contributed by atoms with Crippen LogP contribution in [0.3, 0.4) is 0 Å². The second-order valence-electron chi connectivity index (χ2n) is 4.28. The minimum atomic E-state index is -4.10. The average Bonchev–Trinajstić information content (AvgIpc) is 2.47. The zero-order valence-corrected chi connectivity index (χ0v) is 12.7. The van der Waals surface area contributed by atoms with Gasteiger partial charge in [0.15, 0.2) is 0 Å². The fourth-order valence-electron chi connectivity index (χ4n) is 1.69. The highest BCUT2D eigenvalue weighted by Crippen LogP contribution is 2.30. The lowest BCUT2D eigenvalue weighted by atomic mass is 10.2. The Kier molecular flexibility index (Phi) is 4.48. The topological polar surface area (TPSA) is 132 Å². The van der Waals surface area contributed by atoms with E-state index in [1.165, 1.54) is 24.3 Å². The monoisotopic (exact) mass is 357 g/mol. The summed E-state index contributed by atoms with van der Waals surface area (Å²) in [6, 6.07) is 7.75. The van der Waals surface area contributed by atoms with Crippen molar-refractivity contribution in [2.75, 3.05) is 4.72 Å². The van der Waals surface area contributed by atoms with E-state index in [1.807, 2.05) is 4.72 Å². The van der Waals surface area contributed by atoms with Crippen LogP contribution in [-0.4, -0.2) is 18.3 Å². The Morgan fingerprint density at radius 2 is 1.57 bits per heavy atom. The summed E-state index contributed by atoms with van der Waals surface area (Å²) in [5, 5.41) is 22.0. The Morgan fingerprint density at radius 1 is 0.957 bits per heavy atom. The van der Waals surface area contributed by atoms with Crippen LogP contribution >= 0.6 is 11.6 Å². The number of benzene rings is 2. The number of rotatable bonds is 5. The van der Waals surface area contributed by atoms with Crippen molar-refractivity contribution in [2.24, 2.45) is 0 Å². The second kappa shape index (κ2) is 6.18. The maximum absolute atomic E-state index is 12.2. The number of hydrogen-bond donors (Lipinski definition) is 1. The first-order valence-corrected chi connectivity index (χ1v) is 7.78. The largest absolute Gasteiger partial charge is 0.300 e.